The number of aliphatic carboxylic acids is 1. The Hall–Kier alpha value is -1.14. The Morgan fingerprint density at radius 3 is 2.62 bits per heavy atom. The van der Waals surface area contributed by atoms with Crippen molar-refractivity contribution in [3.05, 3.63) is 0 Å². The van der Waals surface area contributed by atoms with E-state index in [1.54, 1.807) is 14.0 Å². The van der Waals surface area contributed by atoms with Crippen molar-refractivity contribution in [3.63, 3.8) is 0 Å². The number of carbonyl (C=O) groups excluding carboxylic acids is 1. The third-order valence-electron chi connectivity index (χ3n) is 1.95. The first-order valence-electron chi connectivity index (χ1n) is 5.27. The first kappa shape index (κ1) is 14.9. The zero-order valence-electron chi connectivity index (χ0n) is 9.78. The Bertz CT molecular complexity index is 221. The molecule has 0 bridgehead atoms. The molecule has 3 N–H and O–H groups in total. The largest absolute Gasteiger partial charge is 0.481 e. The number of ether oxygens (including phenoxy) is 1. The van der Waals surface area contributed by atoms with E-state index in [1.807, 2.05) is 0 Å². The lowest BCUT2D eigenvalue weighted by Gasteiger charge is -2.11. The maximum Gasteiger partial charge on any atom is 0.304 e. The molecule has 1 amide bonds. The van der Waals surface area contributed by atoms with Gasteiger partial charge < -0.3 is 20.5 Å². The van der Waals surface area contributed by atoms with Crippen LogP contribution in [0.25, 0.3) is 0 Å². The van der Waals surface area contributed by atoms with Crippen molar-refractivity contribution >= 4 is 11.9 Å². The number of rotatable bonds is 9. The lowest BCUT2D eigenvalue weighted by Crippen LogP contribution is -2.34. The molecule has 16 heavy (non-hydrogen) atoms. The molecular weight excluding hydrogens is 212 g/mol. The second-order valence-corrected chi connectivity index (χ2v) is 3.55. The molecule has 6 nitrogen and oxygen atoms in total. The summed E-state index contributed by atoms with van der Waals surface area (Å²) in [6, 6.07) is -0.121. The van der Waals surface area contributed by atoms with Crippen LogP contribution in [0.4, 0.5) is 0 Å². The molecule has 0 rings (SSSR count). The topological polar surface area (TPSA) is 87.7 Å². The predicted molar refractivity (Wildman–Crippen MR) is 59.2 cm³/mol. The summed E-state index contributed by atoms with van der Waals surface area (Å²) in [5.41, 5.74) is 0. The molecule has 0 heterocycles. The number of carbonyl (C=O) groups is 2. The number of carboxylic acid groups (broad SMARTS) is 1. The summed E-state index contributed by atoms with van der Waals surface area (Å²) in [4.78, 5) is 21.5. The molecule has 0 aliphatic heterocycles. The van der Waals surface area contributed by atoms with Crippen LogP contribution in [0.2, 0.25) is 0 Å². The van der Waals surface area contributed by atoms with Crippen LogP contribution in [0.1, 0.15) is 19.8 Å². The van der Waals surface area contributed by atoms with Crippen LogP contribution in [-0.4, -0.2) is 49.8 Å². The van der Waals surface area contributed by atoms with E-state index in [-0.39, 0.29) is 18.4 Å². The molecule has 1 unspecified atom stereocenters. The van der Waals surface area contributed by atoms with Crippen molar-refractivity contribution in [1.29, 1.82) is 0 Å². The average Bonchev–Trinajstić information content (AvgIpc) is 2.17. The fourth-order valence-corrected chi connectivity index (χ4v) is 1.15. The Morgan fingerprint density at radius 1 is 1.38 bits per heavy atom. The van der Waals surface area contributed by atoms with Gasteiger partial charge in [0.1, 0.15) is 0 Å². The number of carboxylic acids is 1. The number of hydrogen-bond acceptors (Lipinski definition) is 4. The monoisotopic (exact) mass is 232 g/mol. The maximum absolute atomic E-state index is 11.2. The number of methoxy groups -OCH3 is 1. The van der Waals surface area contributed by atoms with Crippen LogP contribution < -0.4 is 10.6 Å². The summed E-state index contributed by atoms with van der Waals surface area (Å²) in [6.07, 6.45) is 0.402. The summed E-state index contributed by atoms with van der Waals surface area (Å²) in [5.74, 6) is -0.906. The minimum Gasteiger partial charge on any atom is -0.481 e. The summed E-state index contributed by atoms with van der Waals surface area (Å²) in [7, 11) is 1.57. The summed E-state index contributed by atoms with van der Waals surface area (Å²) in [5, 5.41) is 14.1. The molecule has 94 valence electrons. The van der Waals surface area contributed by atoms with E-state index in [4.69, 9.17) is 9.84 Å². The number of hydrogen-bond donors (Lipinski definition) is 3. The van der Waals surface area contributed by atoms with Crippen molar-refractivity contribution in [2.45, 2.75) is 25.8 Å². The third-order valence-corrected chi connectivity index (χ3v) is 1.95. The van der Waals surface area contributed by atoms with Gasteiger partial charge in [0, 0.05) is 32.7 Å². The molecule has 0 saturated heterocycles. The lowest BCUT2D eigenvalue weighted by molar-refractivity contribution is -0.137. The first-order valence-corrected chi connectivity index (χ1v) is 5.27. The van der Waals surface area contributed by atoms with Crippen molar-refractivity contribution in [3.8, 4) is 0 Å². The molecule has 6 heteroatoms. The molecule has 0 aliphatic rings. The van der Waals surface area contributed by atoms with Gasteiger partial charge in [0.15, 0.2) is 0 Å². The molecule has 0 aromatic heterocycles. The van der Waals surface area contributed by atoms with E-state index < -0.39 is 5.97 Å². The van der Waals surface area contributed by atoms with Crippen LogP contribution in [0.3, 0.4) is 0 Å². The van der Waals surface area contributed by atoms with E-state index in [0.29, 0.717) is 26.1 Å². The van der Waals surface area contributed by atoms with Crippen LogP contribution >= 0.6 is 0 Å². The van der Waals surface area contributed by atoms with Crippen molar-refractivity contribution in [2.24, 2.45) is 0 Å². The normalized spacial score (nSPS) is 12.1. The minimum absolute atomic E-state index is 0.0608. The first-order chi connectivity index (χ1) is 7.56. The van der Waals surface area contributed by atoms with Gasteiger partial charge in [-0.2, -0.15) is 0 Å². The zero-order chi connectivity index (χ0) is 12.4. The van der Waals surface area contributed by atoms with Gasteiger partial charge in [0.2, 0.25) is 5.91 Å². The highest BCUT2D eigenvalue weighted by Gasteiger charge is 2.07. The zero-order valence-corrected chi connectivity index (χ0v) is 9.78. The molecular formula is C10H20N2O4. The minimum atomic E-state index is -0.843. The van der Waals surface area contributed by atoms with E-state index >= 15 is 0 Å². The standard InChI is InChI=1S/C10H20N2O4/c1-8(7-10(14)15)11-4-3-9(13)12-5-6-16-2/h8,11H,3-7H2,1-2H3,(H,12,13)(H,14,15). The SMILES string of the molecule is COCCNC(=O)CCNC(C)CC(=O)O. The molecule has 0 aliphatic carbocycles. The van der Waals surface area contributed by atoms with Crippen molar-refractivity contribution in [1.82, 2.24) is 10.6 Å². The van der Waals surface area contributed by atoms with Gasteiger partial charge in [-0.3, -0.25) is 9.59 Å². The van der Waals surface area contributed by atoms with E-state index in [0.717, 1.165) is 0 Å². The van der Waals surface area contributed by atoms with Crippen LogP contribution in [0, 0.1) is 0 Å². The Kier molecular flexibility index (Phi) is 8.46. The molecule has 0 saturated carbocycles. The molecule has 0 radical (unpaired) electrons. The van der Waals surface area contributed by atoms with Gasteiger partial charge in [0.25, 0.3) is 0 Å². The van der Waals surface area contributed by atoms with Crippen molar-refractivity contribution in [2.75, 3.05) is 26.8 Å². The Labute approximate surface area is 95.4 Å². The highest BCUT2D eigenvalue weighted by Crippen LogP contribution is 1.90. The van der Waals surface area contributed by atoms with Gasteiger partial charge in [-0.05, 0) is 6.92 Å². The van der Waals surface area contributed by atoms with Gasteiger partial charge in [0.05, 0.1) is 13.0 Å². The summed E-state index contributed by atoms with van der Waals surface area (Å²) >= 11 is 0. The number of amides is 1. The Balaban J connectivity index is 3.42. The van der Waals surface area contributed by atoms with Gasteiger partial charge in [-0.25, -0.2) is 0 Å². The van der Waals surface area contributed by atoms with Gasteiger partial charge >= 0.3 is 5.97 Å². The van der Waals surface area contributed by atoms with E-state index in [2.05, 4.69) is 10.6 Å². The fourth-order valence-electron chi connectivity index (χ4n) is 1.15. The third kappa shape index (κ3) is 9.42. The quantitative estimate of drug-likeness (QED) is 0.470. The van der Waals surface area contributed by atoms with Crippen LogP contribution in [-0.2, 0) is 14.3 Å². The molecule has 0 spiro atoms. The van der Waals surface area contributed by atoms with Crippen LogP contribution in [0.5, 0.6) is 0 Å². The van der Waals surface area contributed by atoms with Crippen molar-refractivity contribution < 1.29 is 19.4 Å². The molecule has 1 atom stereocenters. The predicted octanol–water partition coefficient (Wildman–Crippen LogP) is -0.408. The van der Waals surface area contributed by atoms with E-state index in [9.17, 15) is 9.59 Å². The average molecular weight is 232 g/mol. The highest BCUT2D eigenvalue weighted by molar-refractivity contribution is 5.76. The molecule has 0 fully saturated rings. The maximum atomic E-state index is 11.2. The second-order valence-electron chi connectivity index (χ2n) is 3.55. The molecule has 0 aromatic rings. The highest BCUT2D eigenvalue weighted by atomic mass is 16.5. The smallest absolute Gasteiger partial charge is 0.304 e. The Morgan fingerprint density at radius 2 is 2.06 bits per heavy atom. The second kappa shape index (κ2) is 9.11. The van der Waals surface area contributed by atoms with E-state index in [1.165, 1.54) is 0 Å². The fraction of sp³-hybridized carbons (Fsp3) is 0.800. The van der Waals surface area contributed by atoms with Gasteiger partial charge in [-0.15, -0.1) is 0 Å². The summed E-state index contributed by atoms with van der Waals surface area (Å²) in [6.45, 7) is 3.25. The van der Waals surface area contributed by atoms with Gasteiger partial charge in [-0.1, -0.05) is 0 Å². The number of nitrogens with one attached hydrogen (secondary N) is 2. The van der Waals surface area contributed by atoms with Crippen LogP contribution in [0.15, 0.2) is 0 Å². The lowest BCUT2D eigenvalue weighted by atomic mass is 10.2. The summed E-state index contributed by atoms with van der Waals surface area (Å²) < 4.78 is 4.78. The molecule has 0 aromatic carbocycles.